The third-order valence-electron chi connectivity index (χ3n) is 4.74. The maximum absolute atomic E-state index is 12.6. The summed E-state index contributed by atoms with van der Waals surface area (Å²) in [6, 6.07) is 25.8. The third-order valence-corrected chi connectivity index (χ3v) is 4.74. The van der Waals surface area contributed by atoms with Gasteiger partial charge >= 0.3 is 0 Å². The van der Waals surface area contributed by atoms with Gasteiger partial charge in [0.25, 0.3) is 0 Å². The van der Waals surface area contributed by atoms with Crippen molar-refractivity contribution in [2.75, 3.05) is 11.9 Å². The van der Waals surface area contributed by atoms with Crippen molar-refractivity contribution in [2.45, 2.75) is 26.2 Å². The summed E-state index contributed by atoms with van der Waals surface area (Å²) in [6.07, 6.45) is 0.283. The molecule has 2 amide bonds. The quantitative estimate of drug-likeness (QED) is 0.624. The zero-order valence-electron chi connectivity index (χ0n) is 16.8. The molecule has 3 aromatic carbocycles. The van der Waals surface area contributed by atoms with Gasteiger partial charge in [0.15, 0.2) is 0 Å². The molecule has 0 heterocycles. The van der Waals surface area contributed by atoms with E-state index in [4.69, 9.17) is 0 Å². The summed E-state index contributed by atoms with van der Waals surface area (Å²) in [6.45, 7) is 3.91. The minimum Gasteiger partial charge on any atom is -0.347 e. The Hall–Kier alpha value is -3.40. The number of benzene rings is 3. The Morgan fingerprint density at radius 1 is 0.759 bits per heavy atom. The van der Waals surface area contributed by atoms with Crippen LogP contribution in [0.4, 0.5) is 5.69 Å². The molecule has 0 aliphatic rings. The van der Waals surface area contributed by atoms with Gasteiger partial charge in [0.05, 0.1) is 6.54 Å². The standard InChI is InChI=1S/C25H26N2O2/c1-18-13-19(2)15-22(14-18)27-25(29)17-26-24(28)16-23(20-9-5-3-6-10-20)21-11-7-4-8-12-21/h3-15,23H,16-17H2,1-2H3,(H,26,28)(H,27,29). The highest BCUT2D eigenvalue weighted by Crippen LogP contribution is 2.27. The van der Waals surface area contributed by atoms with Gasteiger partial charge in [0.1, 0.15) is 0 Å². The van der Waals surface area contributed by atoms with Crippen LogP contribution in [-0.4, -0.2) is 18.4 Å². The molecule has 148 valence electrons. The SMILES string of the molecule is Cc1cc(C)cc(NC(=O)CNC(=O)CC(c2ccccc2)c2ccccc2)c1. The van der Waals surface area contributed by atoms with Crippen molar-refractivity contribution in [3.8, 4) is 0 Å². The number of amides is 2. The fourth-order valence-corrected chi connectivity index (χ4v) is 3.49. The van der Waals surface area contributed by atoms with E-state index in [0.717, 1.165) is 27.9 Å². The van der Waals surface area contributed by atoms with Gasteiger partial charge in [-0.1, -0.05) is 66.7 Å². The van der Waals surface area contributed by atoms with Crippen LogP contribution >= 0.6 is 0 Å². The van der Waals surface area contributed by atoms with Crippen molar-refractivity contribution >= 4 is 17.5 Å². The van der Waals surface area contributed by atoms with E-state index in [1.165, 1.54) is 0 Å². The zero-order valence-corrected chi connectivity index (χ0v) is 16.8. The maximum atomic E-state index is 12.6. The molecular weight excluding hydrogens is 360 g/mol. The van der Waals surface area contributed by atoms with Gasteiger partial charge in [0.2, 0.25) is 11.8 Å². The van der Waals surface area contributed by atoms with Crippen molar-refractivity contribution in [3.05, 3.63) is 101 Å². The van der Waals surface area contributed by atoms with E-state index >= 15 is 0 Å². The summed E-state index contributed by atoms with van der Waals surface area (Å²) in [4.78, 5) is 24.8. The molecule has 0 atom stereocenters. The van der Waals surface area contributed by atoms with Gasteiger partial charge in [-0.15, -0.1) is 0 Å². The Labute approximate surface area is 172 Å². The Bertz CT molecular complexity index is 909. The summed E-state index contributed by atoms with van der Waals surface area (Å²) < 4.78 is 0. The minimum absolute atomic E-state index is 0.0535. The first-order valence-electron chi connectivity index (χ1n) is 9.76. The highest BCUT2D eigenvalue weighted by molar-refractivity contribution is 5.94. The predicted octanol–water partition coefficient (Wildman–Crippen LogP) is 4.58. The number of aryl methyl sites for hydroxylation is 2. The molecule has 3 rings (SSSR count). The fraction of sp³-hybridized carbons (Fsp3) is 0.200. The molecule has 0 bridgehead atoms. The molecular formula is C25H26N2O2. The Morgan fingerprint density at radius 2 is 1.28 bits per heavy atom. The monoisotopic (exact) mass is 386 g/mol. The average molecular weight is 386 g/mol. The molecule has 0 spiro atoms. The third kappa shape index (κ3) is 6.04. The number of rotatable bonds is 7. The molecule has 0 aromatic heterocycles. The van der Waals surface area contributed by atoms with E-state index in [9.17, 15) is 9.59 Å². The lowest BCUT2D eigenvalue weighted by molar-refractivity contribution is -0.124. The average Bonchev–Trinajstić information content (AvgIpc) is 2.71. The molecule has 0 saturated carbocycles. The lowest BCUT2D eigenvalue weighted by atomic mass is 9.88. The Balaban J connectivity index is 1.61. The van der Waals surface area contributed by atoms with Crippen molar-refractivity contribution < 1.29 is 9.59 Å². The van der Waals surface area contributed by atoms with Crippen LogP contribution in [0.3, 0.4) is 0 Å². The van der Waals surface area contributed by atoms with Crippen LogP contribution in [0.25, 0.3) is 0 Å². The first kappa shape index (κ1) is 20.3. The summed E-state index contributed by atoms with van der Waals surface area (Å²) in [5, 5.41) is 5.59. The number of nitrogens with one attached hydrogen (secondary N) is 2. The Morgan fingerprint density at radius 3 is 1.79 bits per heavy atom. The van der Waals surface area contributed by atoms with Crippen molar-refractivity contribution in [2.24, 2.45) is 0 Å². The van der Waals surface area contributed by atoms with Gasteiger partial charge < -0.3 is 10.6 Å². The van der Waals surface area contributed by atoms with E-state index in [1.54, 1.807) is 0 Å². The van der Waals surface area contributed by atoms with E-state index in [0.29, 0.717) is 0 Å². The lowest BCUT2D eigenvalue weighted by Crippen LogP contribution is -2.33. The lowest BCUT2D eigenvalue weighted by Gasteiger charge is -2.18. The minimum atomic E-state index is -0.237. The van der Waals surface area contributed by atoms with E-state index in [1.807, 2.05) is 92.7 Å². The summed E-state index contributed by atoms with van der Waals surface area (Å²) in [5.74, 6) is -0.447. The van der Waals surface area contributed by atoms with Crippen LogP contribution in [-0.2, 0) is 9.59 Å². The first-order valence-corrected chi connectivity index (χ1v) is 9.76. The molecule has 0 radical (unpaired) electrons. The second-order valence-electron chi connectivity index (χ2n) is 7.28. The van der Waals surface area contributed by atoms with Gasteiger partial charge in [-0.25, -0.2) is 0 Å². The van der Waals surface area contributed by atoms with Crippen LogP contribution < -0.4 is 10.6 Å². The molecule has 0 aliphatic heterocycles. The van der Waals surface area contributed by atoms with E-state index < -0.39 is 0 Å². The summed E-state index contributed by atoms with van der Waals surface area (Å²) in [7, 11) is 0. The highest BCUT2D eigenvalue weighted by Gasteiger charge is 2.18. The molecule has 2 N–H and O–H groups in total. The molecule has 0 aliphatic carbocycles. The molecule has 3 aromatic rings. The summed E-state index contributed by atoms with van der Waals surface area (Å²) >= 11 is 0. The molecule has 4 nitrogen and oxygen atoms in total. The number of hydrogen-bond donors (Lipinski definition) is 2. The first-order chi connectivity index (χ1) is 14.0. The highest BCUT2D eigenvalue weighted by atomic mass is 16.2. The van der Waals surface area contributed by atoms with Crippen LogP contribution in [0.2, 0.25) is 0 Å². The number of hydrogen-bond acceptors (Lipinski definition) is 2. The smallest absolute Gasteiger partial charge is 0.243 e. The second kappa shape index (κ2) is 9.69. The van der Waals surface area contributed by atoms with Gasteiger partial charge in [-0.05, 0) is 48.2 Å². The van der Waals surface area contributed by atoms with Crippen molar-refractivity contribution in [3.63, 3.8) is 0 Å². The number of carbonyl (C=O) groups excluding carboxylic acids is 2. The second-order valence-corrected chi connectivity index (χ2v) is 7.28. The van der Waals surface area contributed by atoms with Crippen LogP contribution in [0.15, 0.2) is 78.9 Å². The molecule has 0 unspecified atom stereocenters. The number of anilines is 1. The van der Waals surface area contributed by atoms with Gasteiger partial charge in [-0.3, -0.25) is 9.59 Å². The molecule has 29 heavy (non-hydrogen) atoms. The largest absolute Gasteiger partial charge is 0.347 e. The molecule has 0 fully saturated rings. The van der Waals surface area contributed by atoms with E-state index in [-0.39, 0.29) is 30.7 Å². The fourth-order valence-electron chi connectivity index (χ4n) is 3.49. The van der Waals surface area contributed by atoms with Gasteiger partial charge in [-0.2, -0.15) is 0 Å². The topological polar surface area (TPSA) is 58.2 Å². The normalized spacial score (nSPS) is 10.6. The zero-order chi connectivity index (χ0) is 20.6. The van der Waals surface area contributed by atoms with Crippen molar-refractivity contribution in [1.82, 2.24) is 5.32 Å². The van der Waals surface area contributed by atoms with Gasteiger partial charge in [0, 0.05) is 18.0 Å². The molecule has 0 saturated heterocycles. The summed E-state index contributed by atoms with van der Waals surface area (Å²) in [5.41, 5.74) is 5.06. The number of carbonyl (C=O) groups is 2. The Kier molecular flexibility index (Phi) is 6.80. The predicted molar refractivity (Wildman–Crippen MR) is 117 cm³/mol. The van der Waals surface area contributed by atoms with Crippen LogP contribution in [0.1, 0.15) is 34.6 Å². The molecule has 4 heteroatoms. The van der Waals surface area contributed by atoms with Crippen molar-refractivity contribution in [1.29, 1.82) is 0 Å². The maximum Gasteiger partial charge on any atom is 0.243 e. The van der Waals surface area contributed by atoms with Crippen LogP contribution in [0.5, 0.6) is 0 Å². The van der Waals surface area contributed by atoms with E-state index in [2.05, 4.69) is 10.6 Å². The van der Waals surface area contributed by atoms with Crippen LogP contribution in [0, 0.1) is 13.8 Å².